The lowest BCUT2D eigenvalue weighted by Gasteiger charge is -2.31. The molecule has 3 aromatic carbocycles. The molecule has 1 N–H and O–H groups in total. The van der Waals surface area contributed by atoms with Gasteiger partial charge in [-0.1, -0.05) is 18.2 Å². The van der Waals surface area contributed by atoms with Crippen molar-refractivity contribution in [3.63, 3.8) is 0 Å². The molecule has 0 atom stereocenters. The predicted octanol–water partition coefficient (Wildman–Crippen LogP) is 4.15. The Bertz CT molecular complexity index is 1270. The first-order valence-corrected chi connectivity index (χ1v) is 11.1. The maximum atomic E-state index is 13.0. The quantitative estimate of drug-likeness (QED) is 0.647. The maximum Gasteiger partial charge on any atom is 0.264 e. The molecule has 1 aliphatic heterocycles. The predicted molar refractivity (Wildman–Crippen MR) is 120 cm³/mol. The van der Waals surface area contributed by atoms with Crippen LogP contribution in [0.25, 0.3) is 11.1 Å². The minimum Gasteiger partial charge on any atom is -0.493 e. The number of ether oxygens (including phenoxy) is 2. The van der Waals surface area contributed by atoms with Crippen LogP contribution in [0, 0.1) is 0 Å². The van der Waals surface area contributed by atoms with E-state index in [1.807, 2.05) is 0 Å². The first kappa shape index (κ1) is 20.7. The zero-order chi connectivity index (χ0) is 22.2. The van der Waals surface area contributed by atoms with Crippen LogP contribution >= 0.6 is 0 Å². The van der Waals surface area contributed by atoms with E-state index in [0.29, 0.717) is 46.1 Å². The molecule has 0 aliphatic carbocycles. The monoisotopic (exact) mass is 438 g/mol. The number of nitrogens with one attached hydrogen (secondary N) is 1. The molecule has 3 aromatic rings. The summed E-state index contributed by atoms with van der Waals surface area (Å²) in [5, 5.41) is 2.85. The summed E-state index contributed by atoms with van der Waals surface area (Å²) in [7, 11) is -0.567. The molecule has 7 nitrogen and oxygen atoms in total. The Labute approximate surface area is 181 Å². The Morgan fingerprint density at radius 3 is 2.39 bits per heavy atom. The van der Waals surface area contributed by atoms with Gasteiger partial charge in [0.05, 0.1) is 24.8 Å². The molecule has 0 saturated carbocycles. The smallest absolute Gasteiger partial charge is 0.264 e. The molecular formula is C23H22N2O5S. The van der Waals surface area contributed by atoms with Crippen LogP contribution in [0.5, 0.6) is 11.5 Å². The Kier molecular flexibility index (Phi) is 5.32. The van der Waals surface area contributed by atoms with Crippen LogP contribution < -0.4 is 19.1 Å². The molecule has 0 bridgehead atoms. The highest BCUT2D eigenvalue weighted by Gasteiger charge is 2.34. The molecule has 1 aliphatic rings. The van der Waals surface area contributed by atoms with E-state index in [-0.39, 0.29) is 10.8 Å². The lowest BCUT2D eigenvalue weighted by atomic mass is 10.00. The number of carbonyl (C=O) groups is 1. The largest absolute Gasteiger partial charge is 0.493 e. The summed E-state index contributed by atoms with van der Waals surface area (Å²) in [4.78, 5) is 13.2. The Balaban J connectivity index is 1.73. The van der Waals surface area contributed by atoms with E-state index in [1.54, 1.807) is 74.7 Å². The van der Waals surface area contributed by atoms with Crippen LogP contribution in [0.4, 0.5) is 11.4 Å². The molecule has 160 valence electrons. The van der Waals surface area contributed by atoms with E-state index in [4.69, 9.17) is 9.47 Å². The summed E-state index contributed by atoms with van der Waals surface area (Å²) in [5.74, 6) is 0.749. The second kappa shape index (κ2) is 7.96. The summed E-state index contributed by atoms with van der Waals surface area (Å²) in [6.45, 7) is 2.08. The van der Waals surface area contributed by atoms with Crippen LogP contribution in [0.1, 0.15) is 17.3 Å². The van der Waals surface area contributed by atoms with Gasteiger partial charge in [0.15, 0.2) is 11.5 Å². The minimum atomic E-state index is -3.64. The highest BCUT2D eigenvalue weighted by Crippen LogP contribution is 2.43. The van der Waals surface area contributed by atoms with Gasteiger partial charge in [0.2, 0.25) is 0 Å². The summed E-state index contributed by atoms with van der Waals surface area (Å²) in [6, 6.07) is 17.0. The van der Waals surface area contributed by atoms with Gasteiger partial charge in [-0.05, 0) is 43.3 Å². The van der Waals surface area contributed by atoms with E-state index < -0.39 is 10.0 Å². The molecule has 1 heterocycles. The van der Waals surface area contributed by atoms with Crippen molar-refractivity contribution in [2.75, 3.05) is 30.4 Å². The van der Waals surface area contributed by atoms with Gasteiger partial charge in [-0.3, -0.25) is 9.10 Å². The van der Waals surface area contributed by atoms with Gasteiger partial charge < -0.3 is 14.8 Å². The zero-order valence-corrected chi connectivity index (χ0v) is 18.2. The van der Waals surface area contributed by atoms with Crippen molar-refractivity contribution >= 4 is 27.3 Å². The number of hydrogen-bond donors (Lipinski definition) is 1. The number of benzene rings is 3. The third kappa shape index (κ3) is 3.48. The Morgan fingerprint density at radius 1 is 0.935 bits per heavy atom. The number of fused-ring (bicyclic) bond motifs is 3. The summed E-state index contributed by atoms with van der Waals surface area (Å²) in [6.07, 6.45) is 0. The number of anilines is 2. The van der Waals surface area contributed by atoms with E-state index in [2.05, 4.69) is 5.32 Å². The molecule has 8 heteroatoms. The minimum absolute atomic E-state index is 0.238. The van der Waals surface area contributed by atoms with Crippen LogP contribution in [-0.2, 0) is 10.0 Å². The second-order valence-corrected chi connectivity index (χ2v) is 8.75. The number of hydrogen-bond acceptors (Lipinski definition) is 5. The van der Waals surface area contributed by atoms with Gasteiger partial charge in [0, 0.05) is 35.0 Å². The van der Waals surface area contributed by atoms with Crippen LogP contribution in [0.2, 0.25) is 0 Å². The fourth-order valence-electron chi connectivity index (χ4n) is 3.73. The lowest BCUT2D eigenvalue weighted by molar-refractivity contribution is 0.102. The fourth-order valence-corrected chi connectivity index (χ4v) is 5.43. The van der Waals surface area contributed by atoms with Gasteiger partial charge >= 0.3 is 0 Å². The maximum absolute atomic E-state index is 13.0. The zero-order valence-electron chi connectivity index (χ0n) is 17.4. The topological polar surface area (TPSA) is 84.9 Å². The first-order valence-electron chi connectivity index (χ1n) is 9.70. The highest BCUT2D eigenvalue weighted by atomic mass is 32.2. The third-order valence-electron chi connectivity index (χ3n) is 5.20. The molecule has 4 rings (SSSR count). The van der Waals surface area contributed by atoms with Crippen LogP contribution in [-0.4, -0.2) is 35.1 Å². The molecular weight excluding hydrogens is 416 g/mol. The van der Waals surface area contributed by atoms with Gasteiger partial charge in [-0.15, -0.1) is 0 Å². The number of nitrogens with zero attached hydrogens (tertiary/aromatic N) is 1. The summed E-state index contributed by atoms with van der Waals surface area (Å²) >= 11 is 0. The lowest BCUT2D eigenvalue weighted by Crippen LogP contribution is -2.34. The first-order chi connectivity index (χ1) is 14.9. The number of methoxy groups -OCH3 is 2. The van der Waals surface area contributed by atoms with Crippen molar-refractivity contribution < 1.29 is 22.7 Å². The fraction of sp³-hybridized carbons (Fsp3) is 0.174. The van der Waals surface area contributed by atoms with Gasteiger partial charge in [0.1, 0.15) is 0 Å². The van der Waals surface area contributed by atoms with Crippen molar-refractivity contribution in [1.82, 2.24) is 0 Å². The Hall–Kier alpha value is -3.52. The van der Waals surface area contributed by atoms with Gasteiger partial charge in [0.25, 0.3) is 15.9 Å². The average molecular weight is 439 g/mol. The van der Waals surface area contributed by atoms with Crippen molar-refractivity contribution in [3.8, 4) is 22.6 Å². The molecule has 0 unspecified atom stereocenters. The molecule has 0 saturated heterocycles. The number of rotatable bonds is 5. The average Bonchev–Trinajstić information content (AvgIpc) is 2.79. The van der Waals surface area contributed by atoms with Crippen LogP contribution in [0.3, 0.4) is 0 Å². The number of amides is 1. The van der Waals surface area contributed by atoms with E-state index >= 15 is 0 Å². The second-order valence-electron chi connectivity index (χ2n) is 6.92. The van der Waals surface area contributed by atoms with E-state index in [0.717, 1.165) is 0 Å². The Morgan fingerprint density at radius 2 is 1.68 bits per heavy atom. The van der Waals surface area contributed by atoms with Crippen molar-refractivity contribution in [2.45, 2.75) is 11.8 Å². The molecule has 0 radical (unpaired) electrons. The molecule has 31 heavy (non-hydrogen) atoms. The van der Waals surface area contributed by atoms with Gasteiger partial charge in [-0.2, -0.15) is 0 Å². The van der Waals surface area contributed by atoms with E-state index in [1.165, 1.54) is 11.4 Å². The van der Waals surface area contributed by atoms with Gasteiger partial charge in [-0.25, -0.2) is 8.42 Å². The highest BCUT2D eigenvalue weighted by molar-refractivity contribution is 7.93. The van der Waals surface area contributed by atoms with E-state index in [9.17, 15) is 13.2 Å². The summed E-state index contributed by atoms with van der Waals surface area (Å²) < 4.78 is 37.9. The summed E-state index contributed by atoms with van der Waals surface area (Å²) in [5.41, 5.74) is 2.82. The van der Waals surface area contributed by atoms with Crippen molar-refractivity contribution in [2.24, 2.45) is 0 Å². The van der Waals surface area contributed by atoms with Crippen molar-refractivity contribution in [1.29, 1.82) is 0 Å². The molecule has 1 amide bonds. The number of carbonyl (C=O) groups excluding carboxylic acids is 1. The standard InChI is InChI=1S/C23H22N2O5S/c1-4-25-19-11-9-15(13-18(19)17-7-5-6-8-22(17)31(25,27)28)23(26)24-16-10-12-20(29-2)21(14-16)30-3/h5-14H,4H2,1-3H3,(H,24,26). The molecule has 0 aromatic heterocycles. The third-order valence-corrected chi connectivity index (χ3v) is 7.15. The SMILES string of the molecule is CCN1c2ccc(C(=O)Nc3ccc(OC)c(OC)c3)cc2-c2ccccc2S1(=O)=O. The molecule has 0 fully saturated rings. The van der Waals surface area contributed by atoms with Crippen molar-refractivity contribution in [3.05, 3.63) is 66.2 Å². The molecule has 0 spiro atoms. The van der Waals surface area contributed by atoms with Crippen LogP contribution in [0.15, 0.2) is 65.6 Å². The normalized spacial score (nSPS) is 13.7. The number of sulfonamides is 1.